The van der Waals surface area contributed by atoms with Crippen molar-refractivity contribution in [2.75, 3.05) is 32.7 Å². The maximum atomic E-state index is 12.2. The number of nitrogens with two attached hydrogens (primary N) is 1. The van der Waals surface area contributed by atoms with E-state index < -0.39 is 5.60 Å². The van der Waals surface area contributed by atoms with E-state index >= 15 is 0 Å². The van der Waals surface area contributed by atoms with Crippen LogP contribution in [0.15, 0.2) is 4.99 Å². The van der Waals surface area contributed by atoms with Gasteiger partial charge in [0.2, 0.25) is 0 Å². The molecule has 2 saturated heterocycles. The summed E-state index contributed by atoms with van der Waals surface area (Å²) in [5.41, 5.74) is 5.88. The zero-order valence-electron chi connectivity index (χ0n) is 16.7. The molecule has 0 spiro atoms. The predicted octanol–water partition coefficient (Wildman–Crippen LogP) is 3.07. The van der Waals surface area contributed by atoms with Crippen LogP contribution in [0.5, 0.6) is 0 Å². The number of nitrogens with zero attached hydrogens (tertiary/aromatic N) is 3. The highest BCUT2D eigenvalue weighted by Gasteiger charge is 2.33. The third kappa shape index (κ3) is 6.08. The van der Waals surface area contributed by atoms with Crippen LogP contribution >= 0.6 is 0 Å². The normalized spacial score (nSPS) is 25.0. The number of rotatable bonds is 2. The highest BCUT2D eigenvalue weighted by molar-refractivity contribution is 5.78. The van der Waals surface area contributed by atoms with E-state index in [2.05, 4.69) is 18.7 Å². The maximum Gasteiger partial charge on any atom is 0.410 e. The molecular formula is C19H36N4O2. The molecule has 1 amide bonds. The Morgan fingerprint density at radius 2 is 1.88 bits per heavy atom. The van der Waals surface area contributed by atoms with E-state index in [1.165, 1.54) is 12.8 Å². The summed E-state index contributed by atoms with van der Waals surface area (Å²) in [6.45, 7) is 14.4. The molecule has 0 radical (unpaired) electrons. The molecule has 0 aromatic carbocycles. The summed E-state index contributed by atoms with van der Waals surface area (Å²) < 4.78 is 5.47. The molecule has 25 heavy (non-hydrogen) atoms. The van der Waals surface area contributed by atoms with Crippen LogP contribution in [-0.4, -0.2) is 60.2 Å². The van der Waals surface area contributed by atoms with Crippen LogP contribution in [0.1, 0.15) is 60.3 Å². The number of piperidine rings is 2. The highest BCUT2D eigenvalue weighted by Crippen LogP contribution is 2.32. The van der Waals surface area contributed by atoms with Gasteiger partial charge in [-0.05, 0) is 57.8 Å². The van der Waals surface area contributed by atoms with Gasteiger partial charge in [0.05, 0.1) is 0 Å². The molecule has 2 aliphatic heterocycles. The van der Waals surface area contributed by atoms with Gasteiger partial charge in [-0.25, -0.2) is 4.79 Å². The van der Waals surface area contributed by atoms with Crippen molar-refractivity contribution in [1.82, 2.24) is 9.80 Å². The summed E-state index contributed by atoms with van der Waals surface area (Å²) in [4.78, 5) is 20.9. The first-order valence-corrected chi connectivity index (χ1v) is 9.61. The second kappa shape index (κ2) is 7.83. The summed E-state index contributed by atoms with van der Waals surface area (Å²) >= 11 is 0. The van der Waals surface area contributed by atoms with Crippen LogP contribution in [-0.2, 0) is 4.74 Å². The predicted molar refractivity (Wildman–Crippen MR) is 102 cm³/mol. The Labute approximate surface area is 152 Å². The Kier molecular flexibility index (Phi) is 6.22. The quantitative estimate of drug-likeness (QED) is 0.612. The van der Waals surface area contributed by atoms with Gasteiger partial charge < -0.3 is 20.3 Å². The zero-order chi connectivity index (χ0) is 18.7. The minimum absolute atomic E-state index is 0.102. The lowest BCUT2D eigenvalue weighted by molar-refractivity contribution is 0.0127. The van der Waals surface area contributed by atoms with Gasteiger partial charge in [-0.15, -0.1) is 0 Å². The minimum atomic E-state index is -0.442. The molecule has 2 fully saturated rings. The first-order chi connectivity index (χ1) is 11.6. The van der Waals surface area contributed by atoms with Gasteiger partial charge in [0, 0.05) is 32.7 Å². The van der Waals surface area contributed by atoms with E-state index in [0.29, 0.717) is 11.9 Å². The average molecular weight is 353 g/mol. The van der Waals surface area contributed by atoms with Gasteiger partial charge in [-0.2, -0.15) is 0 Å². The van der Waals surface area contributed by atoms with Gasteiger partial charge in [0.15, 0.2) is 5.96 Å². The number of carbonyl (C=O) groups is 1. The van der Waals surface area contributed by atoms with E-state index in [0.717, 1.165) is 45.6 Å². The summed E-state index contributed by atoms with van der Waals surface area (Å²) in [6.07, 6.45) is 4.13. The van der Waals surface area contributed by atoms with Crippen LogP contribution < -0.4 is 5.73 Å². The monoisotopic (exact) mass is 352 g/mol. The summed E-state index contributed by atoms with van der Waals surface area (Å²) in [5.74, 6) is 1.37. The lowest BCUT2D eigenvalue weighted by Gasteiger charge is -2.39. The number of guanidine groups is 1. The number of hydrogen-bond donors (Lipinski definition) is 1. The zero-order valence-corrected chi connectivity index (χ0v) is 16.7. The van der Waals surface area contributed by atoms with Crippen molar-refractivity contribution >= 4 is 12.1 Å². The van der Waals surface area contributed by atoms with Gasteiger partial charge in [0.25, 0.3) is 0 Å². The second-order valence-electron chi connectivity index (χ2n) is 9.15. The first kappa shape index (κ1) is 19.9. The van der Waals surface area contributed by atoms with Crippen LogP contribution in [0, 0.1) is 11.3 Å². The Morgan fingerprint density at radius 3 is 2.44 bits per heavy atom. The van der Waals surface area contributed by atoms with Gasteiger partial charge >= 0.3 is 6.09 Å². The SMILES string of the molecule is CC1CCCN(C(N)=NCC2(C)CCN(C(=O)OC(C)(C)C)CC2)C1. The molecule has 2 heterocycles. The van der Waals surface area contributed by atoms with Crippen molar-refractivity contribution in [3.63, 3.8) is 0 Å². The molecule has 0 bridgehead atoms. The smallest absolute Gasteiger partial charge is 0.410 e. The molecule has 0 saturated carbocycles. The number of amides is 1. The fourth-order valence-electron chi connectivity index (χ4n) is 3.48. The lowest BCUT2D eigenvalue weighted by Crippen LogP contribution is -2.46. The summed E-state index contributed by atoms with van der Waals surface area (Å²) in [7, 11) is 0. The molecule has 0 aromatic heterocycles. The fraction of sp³-hybridized carbons (Fsp3) is 0.895. The third-order valence-electron chi connectivity index (χ3n) is 5.23. The van der Waals surface area contributed by atoms with Crippen LogP contribution in [0.3, 0.4) is 0 Å². The molecule has 2 rings (SSSR count). The van der Waals surface area contributed by atoms with E-state index in [1.54, 1.807) is 0 Å². The van der Waals surface area contributed by atoms with Gasteiger partial charge in [-0.1, -0.05) is 13.8 Å². The van der Waals surface area contributed by atoms with E-state index in [4.69, 9.17) is 15.5 Å². The van der Waals surface area contributed by atoms with E-state index in [9.17, 15) is 4.79 Å². The Hall–Kier alpha value is -1.46. The molecule has 144 valence electrons. The number of hydrogen-bond acceptors (Lipinski definition) is 3. The fourth-order valence-corrected chi connectivity index (χ4v) is 3.48. The van der Waals surface area contributed by atoms with E-state index in [-0.39, 0.29) is 11.5 Å². The van der Waals surface area contributed by atoms with Crippen molar-refractivity contribution in [1.29, 1.82) is 0 Å². The van der Waals surface area contributed by atoms with Crippen molar-refractivity contribution in [2.24, 2.45) is 22.1 Å². The standard InChI is InChI=1S/C19H36N4O2/c1-15-7-6-10-23(13-15)16(20)21-14-19(5)8-11-22(12-9-19)17(24)25-18(2,3)4/h15H,6-14H2,1-5H3,(H2,20,21). The molecule has 6 heteroatoms. The molecule has 6 nitrogen and oxygen atoms in total. The highest BCUT2D eigenvalue weighted by atomic mass is 16.6. The van der Waals surface area contributed by atoms with Crippen molar-refractivity contribution in [3.8, 4) is 0 Å². The van der Waals surface area contributed by atoms with Gasteiger partial charge in [-0.3, -0.25) is 4.99 Å². The molecule has 1 atom stereocenters. The molecule has 2 aliphatic rings. The minimum Gasteiger partial charge on any atom is -0.444 e. The molecule has 0 aromatic rings. The number of carbonyl (C=O) groups excluding carboxylic acids is 1. The first-order valence-electron chi connectivity index (χ1n) is 9.61. The Morgan fingerprint density at radius 1 is 1.24 bits per heavy atom. The molecular weight excluding hydrogens is 316 g/mol. The molecule has 2 N–H and O–H groups in total. The van der Waals surface area contributed by atoms with Crippen LogP contribution in [0.25, 0.3) is 0 Å². The summed E-state index contributed by atoms with van der Waals surface area (Å²) in [5, 5.41) is 0. The lowest BCUT2D eigenvalue weighted by atomic mass is 9.80. The Bertz CT molecular complexity index is 490. The van der Waals surface area contributed by atoms with Crippen molar-refractivity contribution < 1.29 is 9.53 Å². The van der Waals surface area contributed by atoms with Crippen molar-refractivity contribution in [2.45, 2.75) is 65.9 Å². The average Bonchev–Trinajstić information content (AvgIpc) is 2.51. The second-order valence-corrected chi connectivity index (χ2v) is 9.15. The maximum absolute atomic E-state index is 12.2. The number of ether oxygens (including phenoxy) is 1. The van der Waals surface area contributed by atoms with E-state index in [1.807, 2.05) is 25.7 Å². The molecule has 0 aliphatic carbocycles. The number of aliphatic imine (C=N–C) groups is 1. The molecule has 1 unspecified atom stereocenters. The van der Waals surface area contributed by atoms with Crippen LogP contribution in [0.2, 0.25) is 0 Å². The van der Waals surface area contributed by atoms with Crippen LogP contribution in [0.4, 0.5) is 4.79 Å². The summed E-state index contributed by atoms with van der Waals surface area (Å²) in [6, 6.07) is 0. The Balaban J connectivity index is 1.83. The third-order valence-corrected chi connectivity index (χ3v) is 5.23. The largest absolute Gasteiger partial charge is 0.444 e. The number of likely N-dealkylation sites (tertiary alicyclic amines) is 2. The topological polar surface area (TPSA) is 71.2 Å². The van der Waals surface area contributed by atoms with Gasteiger partial charge in [0.1, 0.15) is 5.60 Å². The van der Waals surface area contributed by atoms with Crippen molar-refractivity contribution in [3.05, 3.63) is 0 Å².